The molecule has 0 fully saturated rings. The number of hydrogen-bond donors (Lipinski definition) is 0. The van der Waals surface area contributed by atoms with E-state index in [0.29, 0.717) is 16.3 Å². The first-order valence-electron chi connectivity index (χ1n) is 4.41. The van der Waals surface area contributed by atoms with E-state index >= 15 is 0 Å². The van der Waals surface area contributed by atoms with Gasteiger partial charge in [-0.15, -0.1) is 0 Å². The van der Waals surface area contributed by atoms with Crippen molar-refractivity contribution in [3.05, 3.63) is 0 Å². The molecule has 0 saturated carbocycles. The molecule has 0 aliphatic carbocycles. The zero-order valence-corrected chi connectivity index (χ0v) is 13.1. The van der Waals surface area contributed by atoms with Gasteiger partial charge in [0, 0.05) is 11.6 Å². The van der Waals surface area contributed by atoms with Crippen LogP contribution in [0.5, 0.6) is 0 Å². The minimum Gasteiger partial charge on any atom is -0.409 e. The number of hydrazone groups is 1. The molecule has 0 amide bonds. The van der Waals surface area contributed by atoms with Crippen LogP contribution in [0.25, 0.3) is 0 Å². The molecule has 0 spiro atoms. The van der Waals surface area contributed by atoms with Crippen LogP contribution in [0.4, 0.5) is 0 Å². The molecule has 0 aromatic rings. The van der Waals surface area contributed by atoms with Gasteiger partial charge in [-0.25, -0.2) is 0 Å². The third kappa shape index (κ3) is 2.89. The van der Waals surface area contributed by atoms with Crippen LogP contribution in [0.3, 0.4) is 0 Å². The quantitative estimate of drug-likeness (QED) is 0.337. The Morgan fingerprint density at radius 3 is 2.36 bits per heavy atom. The summed E-state index contributed by atoms with van der Waals surface area (Å²) in [4.78, 5) is 0. The van der Waals surface area contributed by atoms with Gasteiger partial charge in [0.15, 0.2) is 0 Å². The van der Waals surface area contributed by atoms with Crippen molar-refractivity contribution >= 4 is 35.4 Å². The molecule has 0 N–H and O–H groups in total. The molecule has 1 unspecified atom stereocenters. The molecular formula is C9H15N2NaS2. The van der Waals surface area contributed by atoms with E-state index in [4.69, 9.17) is 24.8 Å². The van der Waals surface area contributed by atoms with Crippen LogP contribution < -0.4 is 29.6 Å². The van der Waals surface area contributed by atoms with Gasteiger partial charge in [0.2, 0.25) is 0 Å². The zero-order valence-electron chi connectivity index (χ0n) is 9.44. The summed E-state index contributed by atoms with van der Waals surface area (Å²) >= 11 is 9.96. The van der Waals surface area contributed by atoms with E-state index in [0.717, 1.165) is 0 Å². The summed E-state index contributed by atoms with van der Waals surface area (Å²) < 4.78 is 0.445. The van der Waals surface area contributed by atoms with Gasteiger partial charge in [-0.3, -0.25) is 5.01 Å². The first-order valence-corrected chi connectivity index (χ1v) is 5.23. The van der Waals surface area contributed by atoms with E-state index < -0.39 is 0 Å². The van der Waals surface area contributed by atoms with Crippen LogP contribution in [0, 0.1) is 11.3 Å². The van der Waals surface area contributed by atoms with Crippen LogP contribution >= 0.6 is 12.2 Å². The maximum atomic E-state index is 4.98. The van der Waals surface area contributed by atoms with E-state index in [1.165, 1.54) is 0 Å². The van der Waals surface area contributed by atoms with Crippen molar-refractivity contribution in [2.24, 2.45) is 16.4 Å². The summed E-state index contributed by atoms with van der Waals surface area (Å²) in [6.07, 6.45) is 1.94. The van der Waals surface area contributed by atoms with Crippen molar-refractivity contribution < 1.29 is 29.6 Å². The summed E-state index contributed by atoms with van der Waals surface area (Å²) in [5.41, 5.74) is 0.0665. The second kappa shape index (κ2) is 5.21. The molecular weight excluding hydrogens is 223 g/mol. The molecule has 0 saturated heterocycles. The Labute approximate surface area is 119 Å². The third-order valence-corrected chi connectivity index (χ3v) is 2.73. The van der Waals surface area contributed by atoms with E-state index in [1.807, 2.05) is 6.21 Å². The molecule has 0 radical (unpaired) electrons. The molecule has 5 heteroatoms. The Bertz CT molecular complexity index is 251. The largest absolute Gasteiger partial charge is 1.00 e. The molecule has 74 valence electrons. The van der Waals surface area contributed by atoms with Crippen LogP contribution in [-0.2, 0) is 12.6 Å². The fourth-order valence-electron chi connectivity index (χ4n) is 1.98. The normalized spacial score (nSPS) is 23.8. The number of nitrogens with zero attached hydrogens (tertiary/aromatic N) is 2. The summed E-state index contributed by atoms with van der Waals surface area (Å²) in [6, 6.07) is 0.303. The molecule has 1 atom stereocenters. The second-order valence-corrected chi connectivity index (χ2v) is 5.40. The van der Waals surface area contributed by atoms with Gasteiger partial charge in [0.05, 0.1) is 6.04 Å². The van der Waals surface area contributed by atoms with E-state index in [1.54, 1.807) is 5.01 Å². The first kappa shape index (κ1) is 14.8. The van der Waals surface area contributed by atoms with Gasteiger partial charge in [0.1, 0.15) is 0 Å². The Morgan fingerprint density at radius 1 is 1.57 bits per heavy atom. The average Bonchev–Trinajstić information content (AvgIpc) is 2.24. The number of rotatable bonds is 1. The van der Waals surface area contributed by atoms with Gasteiger partial charge < -0.3 is 24.8 Å². The van der Waals surface area contributed by atoms with Gasteiger partial charge >= 0.3 is 29.6 Å². The van der Waals surface area contributed by atoms with Gasteiger partial charge in [-0.2, -0.15) is 5.10 Å². The van der Waals surface area contributed by atoms with Crippen molar-refractivity contribution in [3.63, 3.8) is 0 Å². The third-order valence-electron chi connectivity index (χ3n) is 2.36. The molecule has 0 aromatic heterocycles. The van der Waals surface area contributed by atoms with Crippen molar-refractivity contribution in [1.82, 2.24) is 5.01 Å². The Hall–Kier alpha value is 0.780. The Balaban J connectivity index is 0.00000169. The molecule has 1 aliphatic heterocycles. The maximum Gasteiger partial charge on any atom is 1.00 e. The smallest absolute Gasteiger partial charge is 0.409 e. The van der Waals surface area contributed by atoms with Crippen LogP contribution in [-0.4, -0.2) is 21.6 Å². The summed E-state index contributed by atoms with van der Waals surface area (Å²) in [7, 11) is 0. The minimum atomic E-state index is 0. The predicted molar refractivity (Wildman–Crippen MR) is 62.7 cm³/mol. The average molecular weight is 238 g/mol. The van der Waals surface area contributed by atoms with E-state index in [9.17, 15) is 0 Å². The second-order valence-electron chi connectivity index (χ2n) is 4.37. The molecule has 2 nitrogen and oxygen atoms in total. The standard InChI is InChI=1S/C9H16N2S2.Na/c1-6(2)7-9(3,4)5-10-11(7)8(12)13;/h5-7H,1-4H3,(H,12,13);/q;+1/p-1. The summed E-state index contributed by atoms with van der Waals surface area (Å²) in [6.45, 7) is 8.66. The summed E-state index contributed by atoms with van der Waals surface area (Å²) in [5, 5.41) is 6.04. The Morgan fingerprint density at radius 2 is 2.07 bits per heavy atom. The van der Waals surface area contributed by atoms with Crippen LogP contribution in [0.15, 0.2) is 5.10 Å². The van der Waals surface area contributed by atoms with Gasteiger partial charge in [-0.1, -0.05) is 27.7 Å². The topological polar surface area (TPSA) is 15.6 Å². The molecule has 0 bridgehead atoms. The van der Waals surface area contributed by atoms with Crippen LogP contribution in [0.1, 0.15) is 27.7 Å². The SMILES string of the molecule is CC(C)C1N(C(=S)[S-])N=CC1(C)C.[Na+]. The Kier molecular flexibility index (Phi) is 5.50. The molecule has 1 aliphatic rings. The molecule has 14 heavy (non-hydrogen) atoms. The molecule has 0 aromatic carbocycles. The molecule has 1 rings (SSSR count). The van der Waals surface area contributed by atoms with Crippen molar-refractivity contribution in [3.8, 4) is 0 Å². The van der Waals surface area contributed by atoms with E-state index in [-0.39, 0.29) is 35.0 Å². The van der Waals surface area contributed by atoms with Crippen LogP contribution in [0.2, 0.25) is 0 Å². The zero-order chi connectivity index (χ0) is 10.2. The van der Waals surface area contributed by atoms with Gasteiger partial charge in [-0.05, 0) is 10.2 Å². The van der Waals surface area contributed by atoms with Crippen molar-refractivity contribution in [1.29, 1.82) is 0 Å². The minimum absolute atomic E-state index is 0. The summed E-state index contributed by atoms with van der Waals surface area (Å²) in [5.74, 6) is 0.499. The number of hydrogen-bond acceptors (Lipinski definition) is 3. The fraction of sp³-hybridized carbons (Fsp3) is 0.778. The van der Waals surface area contributed by atoms with Crippen molar-refractivity contribution in [2.45, 2.75) is 33.7 Å². The predicted octanol–water partition coefficient (Wildman–Crippen LogP) is -0.826. The fourth-order valence-corrected chi connectivity index (χ4v) is 2.30. The monoisotopic (exact) mass is 238 g/mol. The van der Waals surface area contributed by atoms with E-state index in [2.05, 4.69) is 32.8 Å². The van der Waals surface area contributed by atoms with Crippen molar-refractivity contribution in [2.75, 3.05) is 0 Å². The van der Waals surface area contributed by atoms with Gasteiger partial charge in [0.25, 0.3) is 0 Å². The first-order chi connectivity index (χ1) is 5.86. The maximum absolute atomic E-state index is 4.98. The number of thiocarbonyl (C=S) groups is 1. The molecule has 1 heterocycles.